The van der Waals surface area contributed by atoms with E-state index in [1.54, 1.807) is 36.4 Å². The molecular formula is C22H15F3N2O4. The number of benzene rings is 3. The zero-order valence-corrected chi connectivity index (χ0v) is 16.0. The number of carbonyl (C=O) groups is 2. The highest BCUT2D eigenvalue weighted by Gasteiger charge is 2.32. The van der Waals surface area contributed by atoms with Gasteiger partial charge in [-0.3, -0.25) is 9.59 Å². The van der Waals surface area contributed by atoms with E-state index in [1.807, 2.05) is 6.07 Å². The first-order valence-corrected chi connectivity index (χ1v) is 9.09. The molecule has 0 atom stereocenters. The lowest BCUT2D eigenvalue weighted by atomic mass is 10.0. The second-order valence-corrected chi connectivity index (χ2v) is 6.73. The fraction of sp³-hybridized carbons (Fsp3) is 0.0909. The van der Waals surface area contributed by atoms with Crippen LogP contribution < -0.4 is 20.1 Å². The molecule has 0 aromatic heterocycles. The second-order valence-electron chi connectivity index (χ2n) is 6.73. The Bertz CT molecular complexity index is 1190. The van der Waals surface area contributed by atoms with Crippen molar-refractivity contribution in [3.8, 4) is 28.4 Å². The average molecular weight is 428 g/mol. The van der Waals surface area contributed by atoms with Crippen LogP contribution in [0.1, 0.15) is 17.3 Å². The van der Waals surface area contributed by atoms with Crippen molar-refractivity contribution in [1.29, 1.82) is 0 Å². The van der Waals surface area contributed by atoms with Crippen molar-refractivity contribution >= 4 is 23.2 Å². The van der Waals surface area contributed by atoms with E-state index in [2.05, 4.69) is 15.4 Å². The highest BCUT2D eigenvalue weighted by molar-refractivity contribution is 6.08. The van der Waals surface area contributed by atoms with Gasteiger partial charge in [0.1, 0.15) is 11.5 Å². The molecule has 3 aromatic carbocycles. The summed E-state index contributed by atoms with van der Waals surface area (Å²) in [5.41, 5.74) is 2.31. The summed E-state index contributed by atoms with van der Waals surface area (Å²) in [5, 5.41) is 5.25. The minimum atomic E-state index is -4.85. The summed E-state index contributed by atoms with van der Waals surface area (Å²) < 4.78 is 47.1. The maximum atomic E-state index is 12.7. The van der Waals surface area contributed by atoms with Gasteiger partial charge in [-0.25, -0.2) is 0 Å². The molecule has 1 aliphatic rings. The molecule has 1 aliphatic heterocycles. The zero-order valence-electron chi connectivity index (χ0n) is 16.0. The second kappa shape index (κ2) is 7.67. The summed E-state index contributed by atoms with van der Waals surface area (Å²) in [6.45, 7) is 1.40. The zero-order chi connectivity index (χ0) is 22.2. The van der Waals surface area contributed by atoms with E-state index in [-0.39, 0.29) is 28.7 Å². The third-order valence-corrected chi connectivity index (χ3v) is 4.39. The molecule has 6 nitrogen and oxygen atoms in total. The fourth-order valence-corrected chi connectivity index (χ4v) is 3.16. The number of alkyl halides is 3. The molecule has 0 radical (unpaired) electrons. The standard InChI is InChI=1S/C22H15F3N2O4/c1-12(28)26-15-4-2-3-13(9-15)14-5-7-19-17(10-14)21(29)27-18-11-16(31-22(23,24)25)6-8-20(18)30-19/h2-11H,1H3,(H,26,28)(H,27,29). The molecular weight excluding hydrogens is 413 g/mol. The van der Waals surface area contributed by atoms with Gasteiger partial charge in [0.15, 0.2) is 5.75 Å². The maximum Gasteiger partial charge on any atom is 0.573 e. The van der Waals surface area contributed by atoms with E-state index >= 15 is 0 Å². The Kier molecular flexibility index (Phi) is 5.02. The molecule has 31 heavy (non-hydrogen) atoms. The van der Waals surface area contributed by atoms with Gasteiger partial charge < -0.3 is 20.1 Å². The first-order valence-electron chi connectivity index (χ1n) is 9.09. The summed E-state index contributed by atoms with van der Waals surface area (Å²) in [6, 6.07) is 15.5. The molecule has 1 heterocycles. The molecule has 0 saturated carbocycles. The fourth-order valence-electron chi connectivity index (χ4n) is 3.16. The van der Waals surface area contributed by atoms with Crippen LogP contribution in [0.15, 0.2) is 60.7 Å². The largest absolute Gasteiger partial charge is 0.573 e. The topological polar surface area (TPSA) is 76.7 Å². The summed E-state index contributed by atoms with van der Waals surface area (Å²) >= 11 is 0. The lowest BCUT2D eigenvalue weighted by Crippen LogP contribution is -2.17. The lowest BCUT2D eigenvalue weighted by Gasteiger charge is -2.12. The van der Waals surface area contributed by atoms with E-state index < -0.39 is 18.0 Å². The quantitative estimate of drug-likeness (QED) is 0.572. The monoisotopic (exact) mass is 428 g/mol. The van der Waals surface area contributed by atoms with Crippen molar-refractivity contribution in [2.45, 2.75) is 13.3 Å². The molecule has 2 amide bonds. The van der Waals surface area contributed by atoms with Gasteiger partial charge in [0.2, 0.25) is 5.91 Å². The van der Waals surface area contributed by atoms with Gasteiger partial charge in [-0.1, -0.05) is 18.2 Å². The molecule has 0 aliphatic carbocycles. The SMILES string of the molecule is CC(=O)Nc1cccc(-c2ccc3c(c2)C(=O)Nc2cc(OC(F)(F)F)ccc2O3)c1. The Morgan fingerprint density at radius 1 is 1.00 bits per heavy atom. The lowest BCUT2D eigenvalue weighted by molar-refractivity contribution is -0.274. The summed E-state index contributed by atoms with van der Waals surface area (Å²) in [7, 11) is 0. The van der Waals surface area contributed by atoms with Gasteiger partial charge in [-0.2, -0.15) is 0 Å². The number of rotatable bonds is 3. The Balaban J connectivity index is 1.66. The molecule has 0 saturated heterocycles. The summed E-state index contributed by atoms with van der Waals surface area (Å²) in [5.74, 6) is -0.794. The Morgan fingerprint density at radius 2 is 1.74 bits per heavy atom. The molecule has 0 unspecified atom stereocenters. The highest BCUT2D eigenvalue weighted by Crippen LogP contribution is 2.40. The van der Waals surface area contributed by atoms with Crippen molar-refractivity contribution in [3.05, 3.63) is 66.2 Å². The van der Waals surface area contributed by atoms with Gasteiger partial charge in [0, 0.05) is 18.7 Å². The van der Waals surface area contributed by atoms with Gasteiger partial charge in [-0.15, -0.1) is 13.2 Å². The van der Waals surface area contributed by atoms with Gasteiger partial charge in [0.25, 0.3) is 5.91 Å². The van der Waals surface area contributed by atoms with Crippen molar-refractivity contribution < 1.29 is 32.2 Å². The predicted octanol–water partition coefficient (Wildman–Crippen LogP) is 5.57. The van der Waals surface area contributed by atoms with Gasteiger partial charge in [0.05, 0.1) is 11.3 Å². The number of anilines is 2. The van der Waals surface area contributed by atoms with Gasteiger partial charge >= 0.3 is 6.36 Å². The van der Waals surface area contributed by atoms with E-state index in [0.717, 1.165) is 17.7 Å². The molecule has 2 N–H and O–H groups in total. The van der Waals surface area contributed by atoms with Crippen LogP contribution in [0.4, 0.5) is 24.5 Å². The average Bonchev–Trinajstić information content (AvgIpc) is 2.81. The number of halogens is 3. The molecule has 158 valence electrons. The Hall–Kier alpha value is -4.01. The minimum absolute atomic E-state index is 0.0529. The summed E-state index contributed by atoms with van der Waals surface area (Å²) in [4.78, 5) is 24.0. The minimum Gasteiger partial charge on any atom is -0.454 e. The van der Waals surface area contributed by atoms with Crippen LogP contribution in [-0.2, 0) is 4.79 Å². The van der Waals surface area contributed by atoms with Crippen LogP contribution in [-0.4, -0.2) is 18.2 Å². The maximum absolute atomic E-state index is 12.7. The smallest absolute Gasteiger partial charge is 0.454 e. The van der Waals surface area contributed by atoms with Crippen LogP contribution in [0.25, 0.3) is 11.1 Å². The molecule has 0 fully saturated rings. The van der Waals surface area contributed by atoms with Crippen molar-refractivity contribution in [3.63, 3.8) is 0 Å². The van der Waals surface area contributed by atoms with E-state index in [9.17, 15) is 22.8 Å². The number of fused-ring (bicyclic) bond motifs is 2. The van der Waals surface area contributed by atoms with Crippen LogP contribution >= 0.6 is 0 Å². The van der Waals surface area contributed by atoms with E-state index in [1.165, 1.54) is 13.0 Å². The first-order chi connectivity index (χ1) is 14.7. The third kappa shape index (κ3) is 4.61. The van der Waals surface area contributed by atoms with Crippen molar-refractivity contribution in [2.75, 3.05) is 10.6 Å². The Labute approximate surface area is 174 Å². The van der Waals surface area contributed by atoms with Crippen LogP contribution in [0.5, 0.6) is 17.2 Å². The number of nitrogens with one attached hydrogen (secondary N) is 2. The number of hydrogen-bond acceptors (Lipinski definition) is 4. The van der Waals surface area contributed by atoms with Gasteiger partial charge in [-0.05, 0) is 47.5 Å². The third-order valence-electron chi connectivity index (χ3n) is 4.39. The number of hydrogen-bond donors (Lipinski definition) is 2. The number of amides is 2. The first kappa shape index (κ1) is 20.3. The molecule has 4 rings (SSSR count). The Morgan fingerprint density at radius 3 is 2.48 bits per heavy atom. The van der Waals surface area contributed by atoms with E-state index in [4.69, 9.17) is 4.74 Å². The van der Waals surface area contributed by atoms with Crippen molar-refractivity contribution in [2.24, 2.45) is 0 Å². The number of carbonyl (C=O) groups excluding carboxylic acids is 2. The molecule has 0 bridgehead atoms. The van der Waals surface area contributed by atoms with Crippen LogP contribution in [0, 0.1) is 0 Å². The van der Waals surface area contributed by atoms with Crippen LogP contribution in [0.3, 0.4) is 0 Å². The normalized spacial score (nSPS) is 12.6. The molecule has 0 spiro atoms. The van der Waals surface area contributed by atoms with Crippen molar-refractivity contribution in [1.82, 2.24) is 0 Å². The molecule has 9 heteroatoms. The number of ether oxygens (including phenoxy) is 2. The van der Waals surface area contributed by atoms with E-state index in [0.29, 0.717) is 11.3 Å². The summed E-state index contributed by atoms with van der Waals surface area (Å²) in [6.07, 6.45) is -4.85. The molecule has 3 aromatic rings. The highest BCUT2D eigenvalue weighted by atomic mass is 19.4. The predicted molar refractivity (Wildman–Crippen MR) is 107 cm³/mol. The van der Waals surface area contributed by atoms with Crippen LogP contribution in [0.2, 0.25) is 0 Å².